The van der Waals surface area contributed by atoms with Crippen molar-refractivity contribution in [3.05, 3.63) is 0 Å². The summed E-state index contributed by atoms with van der Waals surface area (Å²) in [5.41, 5.74) is 0. The first-order valence-electron chi connectivity index (χ1n) is 2.01. The van der Waals surface area contributed by atoms with Crippen LogP contribution < -0.4 is 0 Å². The molecule has 3 N–H and O–H groups in total. The van der Waals surface area contributed by atoms with E-state index in [4.69, 9.17) is 24.0 Å². The van der Waals surface area contributed by atoms with Gasteiger partial charge >= 0.3 is 7.82 Å². The molecule has 6 nitrogen and oxygen atoms in total. The molecule has 0 amide bonds. The fraction of sp³-hybridized carbons (Fsp3) is 0.333. The molecular formula is C3H7O6P. The molecule has 7 heteroatoms. The van der Waals surface area contributed by atoms with Gasteiger partial charge in [0.2, 0.25) is 0 Å². The Balaban J connectivity index is 0. The van der Waals surface area contributed by atoms with E-state index in [1.54, 1.807) is 0 Å². The van der Waals surface area contributed by atoms with Gasteiger partial charge in [0.15, 0.2) is 12.1 Å². The van der Waals surface area contributed by atoms with E-state index in [0.717, 1.165) is 0 Å². The Kier molecular flexibility index (Phi) is 6.38. The van der Waals surface area contributed by atoms with Crippen LogP contribution in [0.2, 0.25) is 0 Å². The number of rotatable bonds is 1. The molecule has 0 aromatic carbocycles. The van der Waals surface area contributed by atoms with Crippen LogP contribution in [0, 0.1) is 0 Å². The Morgan fingerprint density at radius 2 is 1.50 bits per heavy atom. The second-order valence-electron chi connectivity index (χ2n) is 1.24. The summed E-state index contributed by atoms with van der Waals surface area (Å²) in [5.74, 6) is -0.426. The Morgan fingerprint density at radius 3 is 1.50 bits per heavy atom. The highest BCUT2D eigenvalue weighted by Gasteiger charge is 2.00. The lowest BCUT2D eigenvalue weighted by molar-refractivity contribution is -0.128. The van der Waals surface area contributed by atoms with E-state index in [2.05, 4.69) is 0 Å². The van der Waals surface area contributed by atoms with E-state index in [9.17, 15) is 4.79 Å². The molecule has 0 aliphatic carbocycles. The predicted molar refractivity (Wildman–Crippen MR) is 31.0 cm³/mol. The monoisotopic (exact) mass is 170 g/mol. The summed E-state index contributed by atoms with van der Waals surface area (Å²) in [6.07, 6.45) is 0.278. The molecule has 10 heavy (non-hydrogen) atoms. The summed E-state index contributed by atoms with van der Waals surface area (Å²) in [4.78, 5) is 40.2. The fourth-order valence-corrected chi connectivity index (χ4v) is 0. The van der Waals surface area contributed by atoms with Gasteiger partial charge in [0, 0.05) is 6.92 Å². The van der Waals surface area contributed by atoms with Crippen molar-refractivity contribution in [1.82, 2.24) is 0 Å². The van der Waals surface area contributed by atoms with Crippen molar-refractivity contribution in [2.24, 2.45) is 0 Å². The summed E-state index contributed by atoms with van der Waals surface area (Å²) in [5, 5.41) is 0. The molecule has 0 heterocycles. The first-order chi connectivity index (χ1) is 4.27. The second kappa shape index (κ2) is 5.25. The molecule has 0 fully saturated rings. The van der Waals surface area contributed by atoms with E-state index in [1.165, 1.54) is 6.92 Å². The number of phosphoric acid groups is 1. The van der Waals surface area contributed by atoms with Crippen molar-refractivity contribution in [2.45, 2.75) is 6.92 Å². The molecule has 0 spiro atoms. The fourth-order valence-electron chi connectivity index (χ4n) is 0. The van der Waals surface area contributed by atoms with Crippen LogP contribution in [0.5, 0.6) is 0 Å². The van der Waals surface area contributed by atoms with E-state index < -0.39 is 13.6 Å². The van der Waals surface area contributed by atoms with Crippen molar-refractivity contribution in [1.29, 1.82) is 0 Å². The second-order valence-corrected chi connectivity index (χ2v) is 2.27. The highest BCUT2D eigenvalue weighted by atomic mass is 31.2. The molecule has 0 rings (SSSR count). The van der Waals surface area contributed by atoms with Crippen molar-refractivity contribution in [3.63, 3.8) is 0 Å². The zero-order valence-electron chi connectivity index (χ0n) is 5.09. The number of ketones is 1. The quantitative estimate of drug-likeness (QED) is 0.260. The minimum Gasteiger partial charge on any atom is -0.303 e. The lowest BCUT2D eigenvalue weighted by atomic mass is 10.5. The lowest BCUT2D eigenvalue weighted by Gasteiger charge is -1.82. The van der Waals surface area contributed by atoms with Gasteiger partial charge in [0.05, 0.1) is 0 Å². The molecule has 60 valence electrons. The molecule has 0 saturated carbocycles. The summed E-state index contributed by atoms with van der Waals surface area (Å²) in [6.45, 7) is 1.22. The minimum absolute atomic E-state index is 0.278. The third-order valence-electron chi connectivity index (χ3n) is 0.166. The Labute approximate surface area is 56.7 Å². The average Bonchev–Trinajstić information content (AvgIpc) is 1.61. The van der Waals surface area contributed by atoms with Crippen LogP contribution in [-0.4, -0.2) is 26.7 Å². The third-order valence-corrected chi connectivity index (χ3v) is 0.166. The molecule has 0 radical (unpaired) electrons. The molecular weight excluding hydrogens is 163 g/mol. The number of Topliss-reactive ketones (excluding diaryl/α,β-unsaturated/α-hetero) is 1. The van der Waals surface area contributed by atoms with Crippen LogP contribution in [-0.2, 0) is 14.2 Å². The van der Waals surface area contributed by atoms with Gasteiger partial charge in [-0.05, 0) is 0 Å². The van der Waals surface area contributed by atoms with Gasteiger partial charge in [-0.2, -0.15) is 0 Å². The maximum absolute atomic E-state index is 9.44. The molecule has 0 atom stereocenters. The first-order valence-corrected chi connectivity index (χ1v) is 3.58. The van der Waals surface area contributed by atoms with Gasteiger partial charge in [0.1, 0.15) is 0 Å². The SMILES string of the molecule is CC(=O)C=O.O=P(O)(O)O. The normalized spacial score (nSPS) is 9.20. The Hall–Kier alpha value is -0.550. The smallest absolute Gasteiger partial charge is 0.303 e. The number of aldehydes is 1. The molecule has 0 saturated heterocycles. The van der Waals surface area contributed by atoms with E-state index in [0.29, 0.717) is 0 Å². The van der Waals surface area contributed by atoms with Crippen LogP contribution in [0.1, 0.15) is 6.92 Å². The number of carbonyl (C=O) groups is 2. The molecule has 0 bridgehead atoms. The molecule has 0 aromatic heterocycles. The van der Waals surface area contributed by atoms with Crippen molar-refractivity contribution in [2.75, 3.05) is 0 Å². The Morgan fingerprint density at radius 1 is 1.40 bits per heavy atom. The van der Waals surface area contributed by atoms with Crippen molar-refractivity contribution >= 4 is 19.9 Å². The van der Waals surface area contributed by atoms with Gasteiger partial charge < -0.3 is 14.7 Å². The summed E-state index contributed by atoms with van der Waals surface area (Å²) < 4.78 is 8.88. The number of hydrogen-bond acceptors (Lipinski definition) is 3. The zero-order chi connectivity index (χ0) is 8.78. The predicted octanol–water partition coefficient (Wildman–Crippen LogP) is -1.15. The van der Waals surface area contributed by atoms with E-state index >= 15 is 0 Å². The van der Waals surface area contributed by atoms with E-state index in [1.807, 2.05) is 0 Å². The largest absolute Gasteiger partial charge is 0.466 e. The molecule has 0 aromatic rings. The zero-order valence-corrected chi connectivity index (χ0v) is 5.99. The maximum Gasteiger partial charge on any atom is 0.466 e. The van der Waals surface area contributed by atoms with Gasteiger partial charge in [-0.15, -0.1) is 0 Å². The van der Waals surface area contributed by atoms with Gasteiger partial charge in [-0.3, -0.25) is 9.59 Å². The third kappa shape index (κ3) is 147. The van der Waals surface area contributed by atoms with Gasteiger partial charge in [0.25, 0.3) is 0 Å². The minimum atomic E-state index is -4.64. The van der Waals surface area contributed by atoms with Gasteiger partial charge in [-0.1, -0.05) is 0 Å². The summed E-state index contributed by atoms with van der Waals surface area (Å²) in [6, 6.07) is 0. The summed E-state index contributed by atoms with van der Waals surface area (Å²) >= 11 is 0. The highest BCUT2D eigenvalue weighted by Crippen LogP contribution is 2.25. The van der Waals surface area contributed by atoms with Crippen molar-refractivity contribution < 1.29 is 28.8 Å². The molecule has 0 unspecified atom stereocenters. The molecule has 0 aliphatic heterocycles. The first kappa shape index (κ1) is 12.2. The summed E-state index contributed by atoms with van der Waals surface area (Å²) in [7, 11) is -4.64. The van der Waals surface area contributed by atoms with Crippen LogP contribution in [0.25, 0.3) is 0 Å². The topological polar surface area (TPSA) is 112 Å². The maximum atomic E-state index is 9.44. The van der Waals surface area contributed by atoms with Crippen molar-refractivity contribution in [3.8, 4) is 0 Å². The van der Waals surface area contributed by atoms with Gasteiger partial charge in [-0.25, -0.2) is 4.57 Å². The van der Waals surface area contributed by atoms with Crippen LogP contribution in [0.4, 0.5) is 0 Å². The van der Waals surface area contributed by atoms with Crippen LogP contribution >= 0.6 is 7.82 Å². The lowest BCUT2D eigenvalue weighted by Crippen LogP contribution is -1.85. The van der Waals surface area contributed by atoms with Crippen LogP contribution in [0.15, 0.2) is 0 Å². The highest BCUT2D eigenvalue weighted by molar-refractivity contribution is 7.45. The Bertz CT molecular complexity index is 148. The van der Waals surface area contributed by atoms with E-state index in [-0.39, 0.29) is 6.29 Å². The standard InChI is InChI=1S/C3H4O2.H3O4P/c1-3(5)2-4;1-5(2,3)4/h2H,1H3;(H3,1,2,3,4). The molecule has 0 aliphatic rings. The average molecular weight is 170 g/mol. The van der Waals surface area contributed by atoms with Crippen LogP contribution in [0.3, 0.4) is 0 Å². The number of carbonyl (C=O) groups excluding carboxylic acids is 2. The number of hydrogen-bond donors (Lipinski definition) is 3.